The van der Waals surface area contributed by atoms with Crippen LogP contribution >= 0.6 is 0 Å². The summed E-state index contributed by atoms with van der Waals surface area (Å²) in [6.07, 6.45) is 6.29. The zero-order valence-electron chi connectivity index (χ0n) is 22.2. The van der Waals surface area contributed by atoms with Crippen molar-refractivity contribution in [3.63, 3.8) is 0 Å². The zero-order valence-corrected chi connectivity index (χ0v) is 22.2. The summed E-state index contributed by atoms with van der Waals surface area (Å²) in [6, 6.07) is 22.8. The van der Waals surface area contributed by atoms with Crippen LogP contribution in [0.3, 0.4) is 0 Å². The summed E-state index contributed by atoms with van der Waals surface area (Å²) in [7, 11) is 1.73. The molecule has 1 aliphatic heterocycles. The molecule has 3 aromatic carbocycles. The van der Waals surface area contributed by atoms with E-state index in [9.17, 15) is 4.79 Å². The molecule has 6 rings (SSSR count). The summed E-state index contributed by atoms with van der Waals surface area (Å²) >= 11 is 0. The molecule has 7 nitrogen and oxygen atoms in total. The Hall–Kier alpha value is -3.87. The van der Waals surface area contributed by atoms with E-state index in [1.807, 2.05) is 34.9 Å². The maximum atomic E-state index is 13.1. The summed E-state index contributed by atoms with van der Waals surface area (Å²) in [5.74, 6) is 1.49. The molecule has 1 saturated heterocycles. The van der Waals surface area contributed by atoms with Crippen molar-refractivity contribution in [1.82, 2.24) is 9.55 Å². The fraction of sp³-hybridized carbons (Fsp3) is 0.387. The molecule has 1 aliphatic carbocycles. The fourth-order valence-corrected chi connectivity index (χ4v) is 6.12. The van der Waals surface area contributed by atoms with Crippen molar-refractivity contribution in [2.45, 2.75) is 38.6 Å². The third-order valence-electron chi connectivity index (χ3n) is 8.16. The second-order valence-electron chi connectivity index (χ2n) is 10.6. The highest BCUT2D eigenvalue weighted by atomic mass is 16.5. The largest absolute Gasteiger partial charge is 0.495 e. The zero-order chi connectivity index (χ0) is 25.9. The molecular formula is C31H37N5O2. The predicted octanol–water partition coefficient (Wildman–Crippen LogP) is 5.99. The van der Waals surface area contributed by atoms with Gasteiger partial charge in [0.15, 0.2) is 0 Å². The Morgan fingerprint density at radius 1 is 0.868 bits per heavy atom. The van der Waals surface area contributed by atoms with Gasteiger partial charge in [0.1, 0.15) is 5.75 Å². The Balaban J connectivity index is 1.33. The van der Waals surface area contributed by atoms with Crippen molar-refractivity contribution in [3.8, 4) is 5.75 Å². The van der Waals surface area contributed by atoms with E-state index in [0.717, 1.165) is 72.3 Å². The molecule has 2 fully saturated rings. The Morgan fingerprint density at radius 2 is 1.55 bits per heavy atom. The highest BCUT2D eigenvalue weighted by Crippen LogP contribution is 2.36. The topological polar surface area (TPSA) is 65.5 Å². The van der Waals surface area contributed by atoms with Gasteiger partial charge in [-0.2, -0.15) is 0 Å². The number of anilines is 4. The second kappa shape index (κ2) is 10.9. The minimum atomic E-state index is -0.00521. The fourth-order valence-electron chi connectivity index (χ4n) is 6.12. The maximum Gasteiger partial charge on any atom is 0.326 e. The number of H-pyrrole nitrogens is 1. The van der Waals surface area contributed by atoms with Crippen LogP contribution in [0.25, 0.3) is 11.0 Å². The molecule has 2 N–H and O–H groups in total. The third-order valence-corrected chi connectivity index (χ3v) is 8.16. The van der Waals surface area contributed by atoms with E-state index < -0.39 is 0 Å². The van der Waals surface area contributed by atoms with E-state index in [1.54, 1.807) is 7.11 Å². The van der Waals surface area contributed by atoms with Gasteiger partial charge in [0.25, 0.3) is 0 Å². The molecule has 0 unspecified atom stereocenters. The van der Waals surface area contributed by atoms with Gasteiger partial charge in [-0.25, -0.2) is 4.79 Å². The molecule has 4 aromatic rings. The smallest absolute Gasteiger partial charge is 0.326 e. The number of nitrogens with zero attached hydrogens (tertiary/aromatic N) is 3. The number of piperazine rings is 1. The summed E-state index contributed by atoms with van der Waals surface area (Å²) in [5.41, 5.74) is 6.21. The predicted molar refractivity (Wildman–Crippen MR) is 156 cm³/mol. The number of ether oxygens (including phenoxy) is 1. The van der Waals surface area contributed by atoms with Crippen LogP contribution in [0.15, 0.2) is 71.5 Å². The summed E-state index contributed by atoms with van der Waals surface area (Å²) < 4.78 is 7.60. The number of imidazole rings is 1. The van der Waals surface area contributed by atoms with Crippen molar-refractivity contribution in [2.75, 3.05) is 48.4 Å². The maximum absolute atomic E-state index is 13.1. The van der Waals surface area contributed by atoms with Crippen molar-refractivity contribution >= 4 is 33.8 Å². The lowest BCUT2D eigenvalue weighted by Crippen LogP contribution is -2.46. The van der Waals surface area contributed by atoms with Crippen LogP contribution in [0, 0.1) is 5.92 Å². The van der Waals surface area contributed by atoms with E-state index in [4.69, 9.17) is 4.74 Å². The lowest BCUT2D eigenvalue weighted by molar-refractivity contribution is 0.319. The average Bonchev–Trinajstić information content (AvgIpc) is 3.27. The van der Waals surface area contributed by atoms with Gasteiger partial charge in [-0.05, 0) is 55.2 Å². The standard InChI is InChI=1S/C31H37N5O2/c1-38-30-15-9-8-14-27(30)34-16-18-35(19-17-34)28-21-29-26(20-25(28)32-24-12-6-3-7-13-24)33-31(37)36(29)22-23-10-4-2-5-11-23/h3,6-9,12-15,20-21,23,32H,2,4-5,10-11,16-19,22H2,1H3,(H,33,37). The molecule has 38 heavy (non-hydrogen) atoms. The van der Waals surface area contributed by atoms with Gasteiger partial charge < -0.3 is 24.8 Å². The van der Waals surface area contributed by atoms with Crippen LogP contribution in [-0.2, 0) is 6.54 Å². The minimum absolute atomic E-state index is 0.00521. The van der Waals surface area contributed by atoms with Crippen LogP contribution in [0.4, 0.5) is 22.7 Å². The first-order valence-corrected chi connectivity index (χ1v) is 13.9. The normalized spacial score (nSPS) is 16.7. The number of aromatic nitrogens is 2. The minimum Gasteiger partial charge on any atom is -0.495 e. The van der Waals surface area contributed by atoms with E-state index in [0.29, 0.717) is 5.92 Å². The van der Waals surface area contributed by atoms with Crippen LogP contribution in [-0.4, -0.2) is 42.8 Å². The molecule has 1 saturated carbocycles. The van der Waals surface area contributed by atoms with Crippen molar-refractivity contribution in [3.05, 3.63) is 77.2 Å². The Morgan fingerprint density at radius 3 is 2.29 bits per heavy atom. The van der Waals surface area contributed by atoms with Gasteiger partial charge in [0, 0.05) is 38.4 Å². The molecule has 198 valence electrons. The molecule has 0 amide bonds. The summed E-state index contributed by atoms with van der Waals surface area (Å²) in [4.78, 5) is 21.1. The Labute approximate surface area is 224 Å². The van der Waals surface area contributed by atoms with Gasteiger partial charge >= 0.3 is 5.69 Å². The first kappa shape index (κ1) is 24.5. The van der Waals surface area contributed by atoms with Gasteiger partial charge in [-0.15, -0.1) is 0 Å². The third kappa shape index (κ3) is 4.97. The Kier molecular flexibility index (Phi) is 6.99. The van der Waals surface area contributed by atoms with E-state index in [-0.39, 0.29) is 5.69 Å². The summed E-state index contributed by atoms with van der Waals surface area (Å²) in [6.45, 7) is 4.34. The SMILES string of the molecule is COc1ccccc1N1CCN(c2cc3c(cc2Nc2ccccc2)[nH]c(=O)n3CC2CCCCC2)CC1. The number of para-hydroxylation sites is 3. The van der Waals surface area contributed by atoms with Crippen molar-refractivity contribution < 1.29 is 4.74 Å². The number of aromatic amines is 1. The highest BCUT2D eigenvalue weighted by molar-refractivity contribution is 5.90. The number of nitrogens with one attached hydrogen (secondary N) is 2. The molecule has 2 aliphatic rings. The van der Waals surface area contributed by atoms with Crippen LogP contribution in [0.1, 0.15) is 32.1 Å². The Bertz CT molecular complexity index is 1430. The number of methoxy groups -OCH3 is 1. The van der Waals surface area contributed by atoms with Gasteiger partial charge in [-0.1, -0.05) is 49.6 Å². The highest BCUT2D eigenvalue weighted by Gasteiger charge is 2.24. The van der Waals surface area contributed by atoms with Gasteiger partial charge in [-0.3, -0.25) is 4.57 Å². The first-order valence-electron chi connectivity index (χ1n) is 13.9. The second-order valence-corrected chi connectivity index (χ2v) is 10.6. The molecule has 0 radical (unpaired) electrons. The van der Waals surface area contributed by atoms with Gasteiger partial charge in [0.05, 0.1) is 35.2 Å². The molecule has 0 spiro atoms. The number of rotatable bonds is 7. The molecule has 2 heterocycles. The molecule has 1 aromatic heterocycles. The number of hydrogen-bond donors (Lipinski definition) is 2. The monoisotopic (exact) mass is 511 g/mol. The van der Waals surface area contributed by atoms with E-state index in [1.165, 1.54) is 32.1 Å². The van der Waals surface area contributed by atoms with Gasteiger partial charge in [0.2, 0.25) is 0 Å². The quantitative estimate of drug-likeness (QED) is 0.319. The molecule has 0 bridgehead atoms. The van der Waals surface area contributed by atoms with Crippen molar-refractivity contribution in [1.29, 1.82) is 0 Å². The average molecular weight is 512 g/mol. The lowest BCUT2D eigenvalue weighted by atomic mass is 9.89. The molecule has 7 heteroatoms. The molecular weight excluding hydrogens is 474 g/mol. The van der Waals surface area contributed by atoms with Crippen LogP contribution in [0.2, 0.25) is 0 Å². The van der Waals surface area contributed by atoms with E-state index in [2.05, 4.69) is 56.5 Å². The van der Waals surface area contributed by atoms with Crippen LogP contribution in [0.5, 0.6) is 5.75 Å². The summed E-state index contributed by atoms with van der Waals surface area (Å²) in [5, 5.41) is 3.63. The number of hydrogen-bond acceptors (Lipinski definition) is 5. The number of benzene rings is 3. The van der Waals surface area contributed by atoms with Crippen molar-refractivity contribution in [2.24, 2.45) is 5.92 Å². The lowest BCUT2D eigenvalue weighted by Gasteiger charge is -2.38. The number of fused-ring (bicyclic) bond motifs is 1. The molecule has 0 atom stereocenters. The first-order chi connectivity index (χ1) is 18.7. The van der Waals surface area contributed by atoms with Crippen LogP contribution < -0.4 is 25.5 Å². The van der Waals surface area contributed by atoms with E-state index >= 15 is 0 Å².